The number of aryl methyl sites for hydroxylation is 1. The number of fused-ring (bicyclic) bond motifs is 1. The molecule has 2 aromatic heterocycles. The number of nitrogens with two attached hydrogens (primary N) is 2. The van der Waals surface area contributed by atoms with E-state index in [-0.39, 0.29) is 12.1 Å². The lowest BCUT2D eigenvalue weighted by Crippen LogP contribution is -2.30. The molecule has 0 fully saturated rings. The predicted octanol–water partition coefficient (Wildman–Crippen LogP) is 1.95. The first-order chi connectivity index (χ1) is 17.3. The van der Waals surface area contributed by atoms with Crippen LogP contribution in [-0.2, 0) is 26.6 Å². The van der Waals surface area contributed by atoms with Crippen LogP contribution in [0.1, 0.15) is 21.5 Å². The number of pyridine rings is 2. The fourth-order valence-corrected chi connectivity index (χ4v) is 5.54. The Morgan fingerprint density at radius 2 is 1.65 bits per heavy atom. The minimum absolute atomic E-state index is 0.116. The Morgan fingerprint density at radius 3 is 2.27 bits per heavy atom. The first kappa shape index (κ1) is 26.4. The van der Waals surface area contributed by atoms with Crippen molar-refractivity contribution in [2.24, 2.45) is 10.3 Å². The van der Waals surface area contributed by atoms with Crippen LogP contribution in [0.3, 0.4) is 0 Å². The van der Waals surface area contributed by atoms with E-state index in [0.29, 0.717) is 17.1 Å². The Bertz CT molecular complexity index is 1840. The first-order valence-corrected chi connectivity index (χ1v) is 14.0. The summed E-state index contributed by atoms with van der Waals surface area (Å²) in [6.07, 6.45) is 1.51. The van der Waals surface area contributed by atoms with Gasteiger partial charge in [0.25, 0.3) is 11.5 Å². The topological polar surface area (TPSA) is 184 Å². The third-order valence-electron chi connectivity index (χ3n) is 5.45. The van der Waals surface area contributed by atoms with Crippen molar-refractivity contribution in [2.45, 2.75) is 23.3 Å². The van der Waals surface area contributed by atoms with Crippen molar-refractivity contribution in [3.05, 3.63) is 92.9 Å². The van der Waals surface area contributed by atoms with Crippen LogP contribution in [0.15, 0.2) is 75.4 Å². The van der Waals surface area contributed by atoms with Gasteiger partial charge < -0.3 is 5.32 Å². The van der Waals surface area contributed by atoms with Gasteiger partial charge in [0.1, 0.15) is 21.0 Å². The molecular weight excluding hydrogens is 542 g/mol. The summed E-state index contributed by atoms with van der Waals surface area (Å²) in [4.78, 5) is 29.5. The van der Waals surface area contributed by atoms with E-state index >= 15 is 0 Å². The van der Waals surface area contributed by atoms with Gasteiger partial charge in [0.15, 0.2) is 0 Å². The molecule has 0 aliphatic rings. The number of halogens is 1. The summed E-state index contributed by atoms with van der Waals surface area (Å²) < 4.78 is 49.2. The highest BCUT2D eigenvalue weighted by molar-refractivity contribution is 7.90. The Hall–Kier alpha value is -3.62. The fourth-order valence-electron chi connectivity index (χ4n) is 3.67. The quantitative estimate of drug-likeness (QED) is 0.321. The average Bonchev–Trinajstić information content (AvgIpc) is 2.80. The molecule has 4 rings (SSSR count). The molecule has 0 atom stereocenters. The second kappa shape index (κ2) is 9.68. The van der Waals surface area contributed by atoms with Crippen molar-refractivity contribution in [3.63, 3.8) is 0 Å². The maximum absolute atomic E-state index is 13.4. The molecule has 14 heteroatoms. The summed E-state index contributed by atoms with van der Waals surface area (Å²) in [5, 5.41) is 12.6. The van der Waals surface area contributed by atoms with Gasteiger partial charge in [-0.15, -0.1) is 0 Å². The van der Waals surface area contributed by atoms with Crippen LogP contribution in [0.25, 0.3) is 11.0 Å². The molecular formula is C23H20ClN5O6S2. The van der Waals surface area contributed by atoms with Crippen LogP contribution >= 0.6 is 11.6 Å². The van der Waals surface area contributed by atoms with Gasteiger partial charge in [-0.3, -0.25) is 14.2 Å². The molecule has 0 aliphatic carbocycles. The largest absolute Gasteiger partial charge is 0.321 e. The van der Waals surface area contributed by atoms with Crippen LogP contribution in [0, 0.1) is 6.92 Å². The molecule has 0 spiro atoms. The van der Waals surface area contributed by atoms with E-state index in [2.05, 4.69) is 10.3 Å². The molecule has 37 heavy (non-hydrogen) atoms. The minimum Gasteiger partial charge on any atom is -0.321 e. The number of nitrogens with one attached hydrogen (secondary N) is 1. The lowest BCUT2D eigenvalue weighted by atomic mass is 10.1. The zero-order valence-electron chi connectivity index (χ0n) is 19.2. The Morgan fingerprint density at radius 1 is 1.00 bits per heavy atom. The fraction of sp³-hybridized carbons (Fsp3) is 0.0870. The van der Waals surface area contributed by atoms with Gasteiger partial charge in [0.05, 0.1) is 17.3 Å². The number of benzene rings is 2. The molecule has 0 saturated heterocycles. The lowest BCUT2D eigenvalue weighted by Gasteiger charge is -2.15. The highest BCUT2D eigenvalue weighted by Crippen LogP contribution is 2.31. The highest BCUT2D eigenvalue weighted by Gasteiger charge is 2.25. The number of primary sulfonamides is 2. The highest BCUT2D eigenvalue weighted by atomic mass is 35.5. The normalized spacial score (nSPS) is 12.0. The molecule has 2 aromatic carbocycles. The van der Waals surface area contributed by atoms with Gasteiger partial charge in [0, 0.05) is 11.6 Å². The lowest BCUT2D eigenvalue weighted by molar-refractivity contribution is 0.102. The monoisotopic (exact) mass is 561 g/mol. The van der Waals surface area contributed by atoms with Gasteiger partial charge in [-0.1, -0.05) is 41.4 Å². The molecule has 1 amide bonds. The van der Waals surface area contributed by atoms with Crippen LogP contribution < -0.4 is 21.2 Å². The summed E-state index contributed by atoms with van der Waals surface area (Å²) >= 11 is 5.98. The smallest absolute Gasteiger partial charge is 0.265 e. The molecule has 11 nitrogen and oxygen atoms in total. The number of carbonyl (C=O) groups is 1. The Labute approximate surface area is 216 Å². The number of rotatable bonds is 6. The van der Waals surface area contributed by atoms with Gasteiger partial charge in [-0.25, -0.2) is 32.1 Å². The zero-order chi connectivity index (χ0) is 27.1. The molecule has 0 aliphatic heterocycles. The SMILES string of the molecule is Cc1ccc(Cn2c(=O)c(C(=O)Nc3cc(Cl)c(S(N)(=O)=O)cc3S(N)(=O)=O)cc3cccnc32)cc1. The molecule has 0 radical (unpaired) electrons. The number of hydrogen-bond donors (Lipinski definition) is 3. The molecule has 5 N–H and O–H groups in total. The van der Waals surface area contributed by atoms with E-state index < -0.39 is 52.0 Å². The first-order valence-electron chi connectivity index (χ1n) is 10.5. The number of nitrogens with zero attached hydrogens (tertiary/aromatic N) is 2. The van der Waals surface area contributed by atoms with E-state index in [4.69, 9.17) is 21.9 Å². The summed E-state index contributed by atoms with van der Waals surface area (Å²) in [5.41, 5.74) is 0.730. The molecule has 4 aromatic rings. The van der Waals surface area contributed by atoms with Gasteiger partial charge in [0.2, 0.25) is 20.0 Å². The molecule has 0 unspecified atom stereocenters. The zero-order valence-corrected chi connectivity index (χ0v) is 21.6. The van der Waals surface area contributed by atoms with Gasteiger partial charge in [-0.2, -0.15) is 0 Å². The van der Waals surface area contributed by atoms with Gasteiger partial charge >= 0.3 is 0 Å². The Kier molecular flexibility index (Phi) is 6.92. The summed E-state index contributed by atoms with van der Waals surface area (Å²) in [6, 6.07) is 13.6. The predicted molar refractivity (Wildman–Crippen MR) is 138 cm³/mol. The van der Waals surface area contributed by atoms with E-state index in [9.17, 15) is 26.4 Å². The van der Waals surface area contributed by atoms with Gasteiger partial charge in [-0.05, 0) is 42.8 Å². The number of aromatic nitrogens is 2. The number of anilines is 1. The van der Waals surface area contributed by atoms with Crippen molar-refractivity contribution < 1.29 is 21.6 Å². The number of carbonyl (C=O) groups excluding carboxylic acids is 1. The second-order valence-corrected chi connectivity index (χ2v) is 11.6. The van der Waals surface area contributed by atoms with E-state index in [1.54, 1.807) is 12.1 Å². The summed E-state index contributed by atoms with van der Waals surface area (Å²) in [5.74, 6) is -0.974. The van der Waals surface area contributed by atoms with E-state index in [1.165, 1.54) is 16.8 Å². The molecule has 0 bridgehead atoms. The standard InChI is InChI=1S/C23H20ClN5O6S2/c1-13-4-6-14(7-5-13)12-29-21-15(3-2-8-27-21)9-16(23(29)31)22(30)28-18-10-17(24)19(36(25,32)33)11-20(18)37(26,34)35/h2-11H,12H2,1H3,(H,28,30)(H2,25,32,33)(H2,26,34,35). The van der Waals surface area contributed by atoms with Crippen molar-refractivity contribution in [1.29, 1.82) is 0 Å². The molecule has 192 valence electrons. The third kappa shape index (κ3) is 5.55. The average molecular weight is 562 g/mol. The molecule has 2 heterocycles. The Balaban J connectivity index is 1.84. The third-order valence-corrected chi connectivity index (χ3v) is 7.78. The summed E-state index contributed by atoms with van der Waals surface area (Å²) in [7, 11) is -8.95. The second-order valence-electron chi connectivity index (χ2n) is 8.17. The van der Waals surface area contributed by atoms with E-state index in [0.717, 1.165) is 17.2 Å². The maximum atomic E-state index is 13.4. The van der Waals surface area contributed by atoms with Crippen molar-refractivity contribution in [3.8, 4) is 0 Å². The number of hydrogen-bond acceptors (Lipinski definition) is 7. The van der Waals surface area contributed by atoms with Crippen LogP contribution in [0.2, 0.25) is 5.02 Å². The van der Waals surface area contributed by atoms with Crippen LogP contribution in [-0.4, -0.2) is 32.3 Å². The summed E-state index contributed by atoms with van der Waals surface area (Å²) in [6.45, 7) is 2.04. The molecule has 0 saturated carbocycles. The van der Waals surface area contributed by atoms with E-state index in [1.807, 2.05) is 31.2 Å². The maximum Gasteiger partial charge on any atom is 0.265 e. The van der Waals surface area contributed by atoms with Crippen LogP contribution in [0.4, 0.5) is 5.69 Å². The number of sulfonamides is 2. The van der Waals surface area contributed by atoms with Crippen LogP contribution in [0.5, 0.6) is 0 Å². The van der Waals surface area contributed by atoms with Crippen molar-refractivity contribution >= 4 is 54.3 Å². The minimum atomic E-state index is -4.54. The van der Waals surface area contributed by atoms with Crippen molar-refractivity contribution in [2.75, 3.05) is 5.32 Å². The number of amides is 1. The van der Waals surface area contributed by atoms with Crippen molar-refractivity contribution in [1.82, 2.24) is 9.55 Å².